The molecule has 5 heterocycles. The van der Waals surface area contributed by atoms with Gasteiger partial charge < -0.3 is 29.9 Å². The summed E-state index contributed by atoms with van der Waals surface area (Å²) in [6.07, 6.45) is 14.6. The van der Waals surface area contributed by atoms with Crippen molar-refractivity contribution in [3.63, 3.8) is 0 Å². The van der Waals surface area contributed by atoms with Gasteiger partial charge in [-0.3, -0.25) is 9.78 Å². The number of terminal acetylenes is 1. The Kier molecular flexibility index (Phi) is 8.01. The number of likely N-dealkylation sites (N-methyl/N-ethyl adjacent to an activating group) is 1. The number of ether oxygens (including phenoxy) is 1. The van der Waals surface area contributed by atoms with Gasteiger partial charge in [-0.05, 0) is 82.0 Å². The fourth-order valence-electron chi connectivity index (χ4n) is 9.60. The molecule has 270 valence electrons. The molecular formula is C40H43F2N7O3. The molecule has 6 aliphatic rings. The van der Waals surface area contributed by atoms with E-state index >= 15 is 4.39 Å². The molecule has 4 aromatic rings. The first-order valence-corrected chi connectivity index (χ1v) is 18.5. The predicted octanol–water partition coefficient (Wildman–Crippen LogP) is 5.24. The molecular weight excluding hydrogens is 664 g/mol. The Morgan fingerprint density at radius 3 is 2.44 bits per heavy atom. The molecule has 0 unspecified atom stereocenters. The molecule has 3 saturated heterocycles. The Morgan fingerprint density at radius 1 is 1.04 bits per heavy atom. The molecule has 2 N–H and O–H groups in total. The first kappa shape index (κ1) is 33.3. The summed E-state index contributed by atoms with van der Waals surface area (Å²) in [5, 5.41) is 15.5. The van der Waals surface area contributed by atoms with E-state index in [-0.39, 0.29) is 50.3 Å². The van der Waals surface area contributed by atoms with Gasteiger partial charge in [-0.1, -0.05) is 12.0 Å². The van der Waals surface area contributed by atoms with E-state index < -0.39 is 11.6 Å². The third-order valence-corrected chi connectivity index (χ3v) is 12.8. The molecule has 0 spiro atoms. The first-order chi connectivity index (χ1) is 25.1. The van der Waals surface area contributed by atoms with Crippen LogP contribution in [-0.4, -0.2) is 101 Å². The number of carbonyl (C=O) groups excluding carboxylic acids is 1. The summed E-state index contributed by atoms with van der Waals surface area (Å²) in [6, 6.07) is 6.25. The maximum atomic E-state index is 17.0. The fraction of sp³-hybridized carbons (Fsp3) is 0.500. The number of pyridine rings is 1. The van der Waals surface area contributed by atoms with Crippen LogP contribution < -0.4 is 15.0 Å². The van der Waals surface area contributed by atoms with Crippen LogP contribution in [0.25, 0.3) is 32.9 Å². The molecule has 3 aliphatic carbocycles. The number of amides is 1. The zero-order chi connectivity index (χ0) is 35.8. The van der Waals surface area contributed by atoms with Crippen LogP contribution in [0.4, 0.5) is 14.6 Å². The molecule has 4 bridgehead atoms. The summed E-state index contributed by atoms with van der Waals surface area (Å²) >= 11 is 0. The van der Waals surface area contributed by atoms with Gasteiger partial charge in [-0.15, -0.1) is 6.42 Å². The Labute approximate surface area is 301 Å². The zero-order valence-electron chi connectivity index (χ0n) is 29.4. The molecule has 12 heteroatoms. The van der Waals surface area contributed by atoms with E-state index in [1.54, 1.807) is 6.20 Å². The van der Waals surface area contributed by atoms with Gasteiger partial charge in [0, 0.05) is 79.3 Å². The summed E-state index contributed by atoms with van der Waals surface area (Å²) in [6.45, 7) is 5.20. The Morgan fingerprint density at radius 2 is 1.75 bits per heavy atom. The van der Waals surface area contributed by atoms with Gasteiger partial charge in [0.05, 0.1) is 17.6 Å². The molecule has 10 nitrogen and oxygen atoms in total. The molecule has 0 radical (unpaired) electrons. The lowest BCUT2D eigenvalue weighted by Gasteiger charge is -2.53. The van der Waals surface area contributed by atoms with Crippen molar-refractivity contribution in [1.82, 2.24) is 30.1 Å². The van der Waals surface area contributed by atoms with Crippen molar-refractivity contribution in [2.24, 2.45) is 10.8 Å². The SMILES string of the molecule is C#Cc1c(F)ccc2cc(O)cc(-c3ncc4c(N5C[C@H]6CC[C@@H](C5)N6)nc(OCC56CCC(C(=O)N7CCN(C)CC7)(CC5)CC6)nc4c3F)c12. The number of hydrogen-bond acceptors (Lipinski definition) is 9. The van der Waals surface area contributed by atoms with Gasteiger partial charge in [0.2, 0.25) is 5.91 Å². The van der Waals surface area contributed by atoms with Crippen LogP contribution >= 0.6 is 0 Å². The summed E-state index contributed by atoms with van der Waals surface area (Å²) in [4.78, 5) is 34.4. The normalized spacial score (nSPS) is 27.3. The van der Waals surface area contributed by atoms with Crippen molar-refractivity contribution in [2.75, 3.05) is 57.8 Å². The average molecular weight is 708 g/mol. The van der Waals surface area contributed by atoms with Crippen molar-refractivity contribution in [3.8, 4) is 35.4 Å². The highest BCUT2D eigenvalue weighted by Gasteiger charge is 2.54. The lowest BCUT2D eigenvalue weighted by Crippen LogP contribution is -2.56. The number of nitrogens with one attached hydrogen (secondary N) is 1. The first-order valence-electron chi connectivity index (χ1n) is 18.5. The van der Waals surface area contributed by atoms with Gasteiger partial charge in [-0.25, -0.2) is 8.78 Å². The summed E-state index contributed by atoms with van der Waals surface area (Å²) < 4.78 is 38.4. The third kappa shape index (κ3) is 5.51. The summed E-state index contributed by atoms with van der Waals surface area (Å²) in [7, 11) is 2.10. The summed E-state index contributed by atoms with van der Waals surface area (Å²) in [5.74, 6) is 1.80. The van der Waals surface area contributed by atoms with E-state index in [4.69, 9.17) is 16.1 Å². The Bertz CT molecular complexity index is 2110. The second-order valence-electron chi connectivity index (χ2n) is 15.9. The molecule has 2 aromatic carbocycles. The monoisotopic (exact) mass is 707 g/mol. The van der Waals surface area contributed by atoms with Crippen molar-refractivity contribution in [2.45, 2.75) is 63.5 Å². The van der Waals surface area contributed by atoms with Gasteiger partial charge >= 0.3 is 6.01 Å². The van der Waals surface area contributed by atoms with E-state index in [1.807, 2.05) is 0 Å². The average Bonchev–Trinajstić information content (AvgIpc) is 3.51. The number of phenolic OH excluding ortho intramolecular Hbond substituents is 1. The maximum absolute atomic E-state index is 17.0. The molecule has 2 atom stereocenters. The van der Waals surface area contributed by atoms with Crippen LogP contribution in [0.3, 0.4) is 0 Å². The van der Waals surface area contributed by atoms with Gasteiger partial charge in [0.15, 0.2) is 5.82 Å². The fourth-order valence-corrected chi connectivity index (χ4v) is 9.60. The van der Waals surface area contributed by atoms with Crippen LogP contribution in [0.15, 0.2) is 30.5 Å². The topological polar surface area (TPSA) is 107 Å². The minimum absolute atomic E-state index is 0.0348. The van der Waals surface area contributed by atoms with Crippen molar-refractivity contribution >= 4 is 33.4 Å². The van der Waals surface area contributed by atoms with E-state index in [1.165, 1.54) is 24.3 Å². The number of halogens is 2. The highest BCUT2D eigenvalue weighted by Crippen LogP contribution is 2.57. The number of anilines is 1. The second kappa shape index (κ2) is 12.5. The van der Waals surface area contributed by atoms with E-state index in [0.717, 1.165) is 77.5 Å². The number of aromatic hydroxyl groups is 1. The number of rotatable bonds is 6. The minimum atomic E-state index is -0.732. The predicted molar refractivity (Wildman–Crippen MR) is 194 cm³/mol. The largest absolute Gasteiger partial charge is 0.508 e. The quantitative estimate of drug-likeness (QED) is 0.260. The standard InChI is InChI=1S/C40H43F2N7O3/c1-3-28-31(41)7-4-24-18-27(50)19-29(32(24)28)34-33(42)35-30(20-43-34)36(49-21-25-5-6-26(22-49)44-25)46-38(45-35)52-23-39-8-11-40(12-9-39,13-10-39)37(51)48-16-14-47(2)15-17-48/h1,4,7,18-20,25-26,44,50H,5-6,8-17,21-23H2,2H3/t25-,26+,39?,40?. The number of piperazine rings is 2. The van der Waals surface area contributed by atoms with Crippen LogP contribution in [0.2, 0.25) is 0 Å². The molecule has 2 aromatic heterocycles. The number of aromatic nitrogens is 3. The van der Waals surface area contributed by atoms with Crippen molar-refractivity contribution in [1.29, 1.82) is 0 Å². The van der Waals surface area contributed by atoms with Crippen LogP contribution in [-0.2, 0) is 4.79 Å². The van der Waals surface area contributed by atoms with E-state index in [0.29, 0.717) is 54.3 Å². The smallest absolute Gasteiger partial charge is 0.319 e. The highest BCUT2D eigenvalue weighted by molar-refractivity contribution is 6.03. The lowest BCUT2D eigenvalue weighted by molar-refractivity contribution is -0.154. The number of nitrogens with zero attached hydrogens (tertiary/aromatic N) is 6. The number of benzene rings is 2. The molecule has 52 heavy (non-hydrogen) atoms. The van der Waals surface area contributed by atoms with E-state index in [9.17, 15) is 14.3 Å². The number of carbonyl (C=O) groups is 1. The molecule has 1 amide bonds. The lowest BCUT2D eigenvalue weighted by atomic mass is 9.53. The highest BCUT2D eigenvalue weighted by atomic mass is 19.1. The van der Waals surface area contributed by atoms with Gasteiger partial charge in [0.1, 0.15) is 28.6 Å². The molecule has 3 saturated carbocycles. The number of hydrogen-bond donors (Lipinski definition) is 2. The summed E-state index contributed by atoms with van der Waals surface area (Å²) in [5.41, 5.74) is -0.321. The van der Waals surface area contributed by atoms with E-state index in [2.05, 4.69) is 43.0 Å². The number of phenols is 1. The maximum Gasteiger partial charge on any atom is 0.319 e. The third-order valence-electron chi connectivity index (χ3n) is 12.8. The Hall–Kier alpha value is -4.60. The molecule has 3 aliphatic heterocycles. The Balaban J connectivity index is 1.06. The second-order valence-corrected chi connectivity index (χ2v) is 15.9. The van der Waals surface area contributed by atoms with Crippen LogP contribution in [0, 0.1) is 34.8 Å². The van der Waals surface area contributed by atoms with Gasteiger partial charge in [0.25, 0.3) is 0 Å². The van der Waals surface area contributed by atoms with Crippen molar-refractivity contribution < 1.29 is 23.4 Å². The molecule has 6 fully saturated rings. The zero-order valence-corrected chi connectivity index (χ0v) is 29.4. The van der Waals surface area contributed by atoms with Gasteiger partial charge in [-0.2, -0.15) is 9.97 Å². The number of fused-ring (bicyclic) bond motifs is 7. The van der Waals surface area contributed by atoms with Crippen LogP contribution in [0.1, 0.15) is 56.9 Å². The van der Waals surface area contributed by atoms with Crippen molar-refractivity contribution in [3.05, 3.63) is 47.7 Å². The molecule has 10 rings (SSSR count). The van der Waals surface area contributed by atoms with Crippen LogP contribution in [0.5, 0.6) is 11.8 Å². The minimum Gasteiger partial charge on any atom is -0.508 e.